The summed E-state index contributed by atoms with van der Waals surface area (Å²) in [5.41, 5.74) is 4.54. The van der Waals surface area contributed by atoms with Crippen molar-refractivity contribution in [3.05, 3.63) is 59.9 Å². The molecule has 41 heavy (non-hydrogen) atoms. The number of rotatable bonds is 11. The maximum atomic E-state index is 13.3. The van der Waals surface area contributed by atoms with E-state index < -0.39 is 17.0 Å². The Morgan fingerprint density at radius 2 is 1.88 bits per heavy atom. The number of nitrogens with one attached hydrogen (secondary N) is 2. The summed E-state index contributed by atoms with van der Waals surface area (Å²) in [5, 5.41) is 14.0. The maximum Gasteiger partial charge on any atom is 0.335 e. The number of ether oxygens (including phenoxy) is 2. The number of benzene rings is 2. The number of anilines is 2. The first-order chi connectivity index (χ1) is 19.9. The third-order valence-electron chi connectivity index (χ3n) is 7.23. The van der Waals surface area contributed by atoms with Gasteiger partial charge in [0.15, 0.2) is 0 Å². The highest BCUT2D eigenvalue weighted by atomic mass is 32.2. The van der Waals surface area contributed by atoms with Crippen molar-refractivity contribution in [1.29, 1.82) is 0 Å². The maximum absolute atomic E-state index is 13.3. The fourth-order valence-electron chi connectivity index (χ4n) is 5.17. The van der Waals surface area contributed by atoms with Crippen molar-refractivity contribution in [3.8, 4) is 23.0 Å². The average Bonchev–Trinajstić information content (AvgIpc) is 3.54. The average molecular weight is 576 g/mol. The fraction of sp³-hybridized carbons (Fsp3) is 0.333. The Hall–Kier alpha value is -4.09. The van der Waals surface area contributed by atoms with E-state index in [1.165, 1.54) is 14.2 Å². The normalized spacial score (nSPS) is 14.2. The standard InChI is InChI=1S/C30H33N5O5S/c1-4-11-33-41(38)26-17-31-25-15-19(24-16-32-30(40-3)35-28(24)39-2)9-10-23(25)27(26)34-22-13-20(18-7-5-6-8-18)12-21(14-22)29(36)37/h9-10,12-18,33H,4-8,11H2,1-3H3,(H,31,34)(H,36,37). The molecule has 0 aliphatic heterocycles. The highest BCUT2D eigenvalue weighted by Gasteiger charge is 2.21. The molecule has 0 bridgehead atoms. The van der Waals surface area contributed by atoms with E-state index in [9.17, 15) is 14.1 Å². The van der Waals surface area contributed by atoms with Crippen LogP contribution in [0.25, 0.3) is 22.0 Å². The second-order valence-electron chi connectivity index (χ2n) is 9.93. The van der Waals surface area contributed by atoms with Crippen LogP contribution in [-0.2, 0) is 11.0 Å². The second-order valence-corrected chi connectivity index (χ2v) is 11.2. The number of hydrogen-bond donors (Lipinski definition) is 3. The lowest BCUT2D eigenvalue weighted by molar-refractivity contribution is 0.0696. The lowest BCUT2D eigenvalue weighted by Crippen LogP contribution is -2.19. The molecule has 1 unspecified atom stereocenters. The van der Waals surface area contributed by atoms with Crippen LogP contribution in [-0.4, -0.2) is 51.0 Å². The van der Waals surface area contributed by atoms with Crippen molar-refractivity contribution in [2.24, 2.45) is 0 Å². The summed E-state index contributed by atoms with van der Waals surface area (Å²) < 4.78 is 27.0. The van der Waals surface area contributed by atoms with E-state index in [2.05, 4.69) is 25.0 Å². The minimum absolute atomic E-state index is 0.197. The van der Waals surface area contributed by atoms with Crippen LogP contribution in [0.2, 0.25) is 0 Å². The molecule has 3 N–H and O–H groups in total. The SMILES string of the molecule is CCCNS(=O)c1cnc2cc(-c3cnc(OC)nc3OC)ccc2c1Nc1cc(C(=O)O)cc(C2CCCC2)c1. The number of carboxylic acids is 1. The second kappa shape index (κ2) is 12.6. The fourth-order valence-corrected chi connectivity index (χ4v) is 6.21. The molecule has 4 aromatic rings. The number of pyridine rings is 1. The summed E-state index contributed by atoms with van der Waals surface area (Å²) in [4.78, 5) is 25.6. The molecule has 5 rings (SSSR count). The predicted octanol–water partition coefficient (Wildman–Crippen LogP) is 5.83. The number of carbonyl (C=O) groups is 1. The third-order valence-corrected chi connectivity index (χ3v) is 8.41. The molecule has 0 radical (unpaired) electrons. The topological polar surface area (TPSA) is 136 Å². The van der Waals surface area contributed by atoms with Gasteiger partial charge in [0.1, 0.15) is 11.0 Å². The Labute approximate surface area is 241 Å². The molecule has 1 saturated carbocycles. The lowest BCUT2D eigenvalue weighted by atomic mass is 9.95. The molecule has 10 nitrogen and oxygen atoms in total. The lowest BCUT2D eigenvalue weighted by Gasteiger charge is -2.18. The highest BCUT2D eigenvalue weighted by Crippen LogP contribution is 2.38. The molecular formula is C30H33N5O5S. The van der Waals surface area contributed by atoms with Crippen LogP contribution in [0.1, 0.15) is 60.9 Å². The number of aromatic carboxylic acids is 1. The van der Waals surface area contributed by atoms with E-state index in [-0.39, 0.29) is 11.6 Å². The Bertz CT molecular complexity index is 1610. The van der Waals surface area contributed by atoms with E-state index in [1.54, 1.807) is 24.5 Å². The first-order valence-electron chi connectivity index (χ1n) is 13.6. The van der Waals surface area contributed by atoms with Gasteiger partial charge in [0.05, 0.1) is 41.4 Å². The molecule has 214 valence electrons. The van der Waals surface area contributed by atoms with Crippen LogP contribution in [0.5, 0.6) is 11.9 Å². The van der Waals surface area contributed by atoms with E-state index in [4.69, 9.17) is 9.47 Å². The zero-order valence-electron chi connectivity index (χ0n) is 23.3. The van der Waals surface area contributed by atoms with Crippen LogP contribution in [0, 0.1) is 0 Å². The molecule has 1 aliphatic carbocycles. The van der Waals surface area contributed by atoms with Crippen LogP contribution < -0.4 is 19.5 Å². The summed E-state index contributed by atoms with van der Waals surface area (Å²) in [5.74, 6) is -0.296. The number of aromatic nitrogens is 3. The quantitative estimate of drug-likeness (QED) is 0.202. The van der Waals surface area contributed by atoms with Gasteiger partial charge in [-0.3, -0.25) is 4.98 Å². The number of nitrogens with zero attached hydrogens (tertiary/aromatic N) is 3. The predicted molar refractivity (Wildman–Crippen MR) is 158 cm³/mol. The van der Waals surface area contributed by atoms with Gasteiger partial charge in [-0.15, -0.1) is 0 Å². The molecule has 2 aromatic carbocycles. The molecule has 2 heterocycles. The molecule has 0 spiro atoms. The van der Waals surface area contributed by atoms with Gasteiger partial charge in [-0.1, -0.05) is 31.9 Å². The summed E-state index contributed by atoms with van der Waals surface area (Å²) in [7, 11) is 1.48. The molecule has 0 saturated heterocycles. The Balaban J connectivity index is 1.62. The van der Waals surface area contributed by atoms with Crippen LogP contribution in [0.15, 0.2) is 53.7 Å². The van der Waals surface area contributed by atoms with Gasteiger partial charge >= 0.3 is 12.0 Å². The summed E-state index contributed by atoms with van der Waals surface area (Å²) in [6.45, 7) is 2.57. The molecule has 11 heteroatoms. The molecule has 1 atom stereocenters. The zero-order valence-corrected chi connectivity index (χ0v) is 24.1. The van der Waals surface area contributed by atoms with Crippen molar-refractivity contribution in [1.82, 2.24) is 19.7 Å². The van der Waals surface area contributed by atoms with Crippen molar-refractivity contribution < 1.29 is 23.6 Å². The van der Waals surface area contributed by atoms with Crippen molar-refractivity contribution >= 4 is 39.2 Å². The molecule has 0 amide bonds. The molecule has 1 aliphatic rings. The first-order valence-corrected chi connectivity index (χ1v) is 14.8. The largest absolute Gasteiger partial charge is 0.480 e. The van der Waals surface area contributed by atoms with E-state index >= 15 is 0 Å². The van der Waals surface area contributed by atoms with E-state index in [0.717, 1.165) is 48.6 Å². The van der Waals surface area contributed by atoms with Crippen molar-refractivity contribution in [2.75, 3.05) is 26.1 Å². The van der Waals surface area contributed by atoms with Gasteiger partial charge in [-0.25, -0.2) is 18.7 Å². The van der Waals surface area contributed by atoms with Gasteiger partial charge in [0.2, 0.25) is 5.88 Å². The Morgan fingerprint density at radius 1 is 1.07 bits per heavy atom. The molecule has 1 fully saturated rings. The number of methoxy groups -OCH3 is 2. The van der Waals surface area contributed by atoms with Gasteiger partial charge in [-0.05, 0) is 60.6 Å². The molecule has 2 aromatic heterocycles. The zero-order chi connectivity index (χ0) is 28.9. The van der Waals surface area contributed by atoms with Gasteiger partial charge in [0.25, 0.3) is 0 Å². The Morgan fingerprint density at radius 3 is 2.59 bits per heavy atom. The first kappa shape index (κ1) is 28.4. The van der Waals surface area contributed by atoms with Gasteiger partial charge < -0.3 is 19.9 Å². The smallest absolute Gasteiger partial charge is 0.335 e. The minimum atomic E-state index is -1.54. The van der Waals surface area contributed by atoms with Crippen molar-refractivity contribution in [3.63, 3.8) is 0 Å². The van der Waals surface area contributed by atoms with Crippen molar-refractivity contribution in [2.45, 2.75) is 49.8 Å². The molecular weight excluding hydrogens is 542 g/mol. The number of hydrogen-bond acceptors (Lipinski definition) is 8. The van der Waals surface area contributed by atoms with Gasteiger partial charge in [-0.2, -0.15) is 4.98 Å². The van der Waals surface area contributed by atoms with Crippen LogP contribution >= 0.6 is 0 Å². The third kappa shape index (κ3) is 6.15. The van der Waals surface area contributed by atoms with Crippen LogP contribution in [0.3, 0.4) is 0 Å². The van der Waals surface area contributed by atoms with E-state index in [0.29, 0.717) is 45.7 Å². The monoisotopic (exact) mass is 575 g/mol. The summed E-state index contributed by atoms with van der Waals surface area (Å²) in [6.07, 6.45) is 8.39. The van der Waals surface area contributed by atoms with Gasteiger partial charge in [0, 0.05) is 30.0 Å². The minimum Gasteiger partial charge on any atom is -0.480 e. The number of carboxylic acid groups (broad SMARTS) is 1. The summed E-state index contributed by atoms with van der Waals surface area (Å²) >= 11 is 0. The number of fused-ring (bicyclic) bond motifs is 1. The van der Waals surface area contributed by atoms with E-state index in [1.807, 2.05) is 31.2 Å². The highest BCUT2D eigenvalue weighted by molar-refractivity contribution is 7.83. The summed E-state index contributed by atoms with van der Waals surface area (Å²) in [6, 6.07) is 11.3. The Kier molecular flexibility index (Phi) is 8.75. The van der Waals surface area contributed by atoms with Crippen LogP contribution in [0.4, 0.5) is 11.4 Å².